The molecular weight excluding hydrogens is 396 g/mol. The fourth-order valence-corrected chi connectivity index (χ4v) is 4.42. The van der Waals surface area contributed by atoms with E-state index in [4.69, 9.17) is 4.74 Å². The van der Waals surface area contributed by atoms with Gasteiger partial charge in [-0.3, -0.25) is 9.59 Å². The van der Waals surface area contributed by atoms with Crippen molar-refractivity contribution in [1.82, 2.24) is 30.0 Å². The van der Waals surface area contributed by atoms with Crippen LogP contribution in [0.4, 0.5) is 0 Å². The van der Waals surface area contributed by atoms with Crippen LogP contribution in [0.1, 0.15) is 31.7 Å². The fourth-order valence-electron chi connectivity index (χ4n) is 4.42. The number of amides is 2. The number of carbonyl (C=O) groups excluding carboxylic acids is 2. The number of tetrazole rings is 1. The number of carbonyl (C=O) groups is 2. The first-order valence-corrected chi connectivity index (χ1v) is 10.8. The fraction of sp³-hybridized carbons (Fsp3) is 0.500. The summed E-state index contributed by atoms with van der Waals surface area (Å²) in [6.45, 7) is 5.62. The Morgan fingerprint density at radius 3 is 2.58 bits per heavy atom. The van der Waals surface area contributed by atoms with Crippen molar-refractivity contribution in [3.8, 4) is 5.75 Å². The summed E-state index contributed by atoms with van der Waals surface area (Å²) in [5.41, 5.74) is 1.01. The number of nitrogens with zero attached hydrogens (tertiary/aromatic N) is 6. The number of para-hydroxylation sites is 1. The lowest BCUT2D eigenvalue weighted by Gasteiger charge is -2.38. The molecule has 2 fully saturated rings. The number of hydrogen-bond acceptors (Lipinski definition) is 6. The van der Waals surface area contributed by atoms with E-state index < -0.39 is 0 Å². The molecule has 0 aliphatic carbocycles. The van der Waals surface area contributed by atoms with Crippen molar-refractivity contribution in [3.63, 3.8) is 0 Å². The average Bonchev–Trinajstić information content (AvgIpc) is 3.44. The zero-order valence-corrected chi connectivity index (χ0v) is 17.8. The molecule has 9 heteroatoms. The van der Waals surface area contributed by atoms with Gasteiger partial charge in [-0.15, -0.1) is 5.10 Å². The summed E-state index contributed by atoms with van der Waals surface area (Å²) in [4.78, 5) is 29.0. The van der Waals surface area contributed by atoms with Crippen LogP contribution in [0.15, 0.2) is 36.7 Å². The Morgan fingerprint density at radius 2 is 1.87 bits per heavy atom. The smallest absolute Gasteiger partial charge is 0.246 e. The Hall–Kier alpha value is -3.23. The van der Waals surface area contributed by atoms with Crippen molar-refractivity contribution in [2.45, 2.75) is 32.7 Å². The summed E-state index contributed by atoms with van der Waals surface area (Å²) in [6, 6.07) is 7.71. The first kappa shape index (κ1) is 21.0. The molecule has 1 aromatic heterocycles. The van der Waals surface area contributed by atoms with Gasteiger partial charge < -0.3 is 14.5 Å². The third-order valence-corrected chi connectivity index (χ3v) is 6.24. The predicted octanol–water partition coefficient (Wildman–Crippen LogP) is 1.63. The first-order chi connectivity index (χ1) is 15.1. The number of rotatable bonds is 6. The van der Waals surface area contributed by atoms with Crippen molar-refractivity contribution >= 4 is 17.9 Å². The van der Waals surface area contributed by atoms with Gasteiger partial charge in [0, 0.05) is 37.8 Å². The summed E-state index contributed by atoms with van der Waals surface area (Å²) in [6.07, 6.45) is 7.72. The van der Waals surface area contributed by atoms with Gasteiger partial charge in [-0.05, 0) is 54.2 Å². The van der Waals surface area contributed by atoms with Crippen molar-refractivity contribution < 1.29 is 14.3 Å². The van der Waals surface area contributed by atoms with Crippen molar-refractivity contribution in [2.75, 3.05) is 32.8 Å². The molecular formula is C22H28N6O3. The number of piperidine rings is 1. The van der Waals surface area contributed by atoms with Gasteiger partial charge in [0.1, 0.15) is 18.6 Å². The van der Waals surface area contributed by atoms with Crippen molar-refractivity contribution in [1.29, 1.82) is 0 Å². The number of ether oxygens (including phenoxy) is 1. The van der Waals surface area contributed by atoms with E-state index in [0.29, 0.717) is 19.7 Å². The number of likely N-dealkylation sites (tertiary alicyclic amines) is 2. The maximum Gasteiger partial charge on any atom is 0.246 e. The second-order valence-electron chi connectivity index (χ2n) is 8.20. The monoisotopic (exact) mass is 424 g/mol. The lowest BCUT2D eigenvalue weighted by molar-refractivity contribution is -0.132. The Labute approximate surface area is 181 Å². The van der Waals surface area contributed by atoms with E-state index in [-0.39, 0.29) is 23.8 Å². The van der Waals surface area contributed by atoms with Crippen LogP contribution in [-0.2, 0) is 16.1 Å². The van der Waals surface area contributed by atoms with Crippen LogP contribution in [0.3, 0.4) is 0 Å². The van der Waals surface area contributed by atoms with Gasteiger partial charge in [-0.1, -0.05) is 18.2 Å². The number of aromatic nitrogens is 4. The number of benzene rings is 1. The van der Waals surface area contributed by atoms with E-state index in [0.717, 1.165) is 43.7 Å². The van der Waals surface area contributed by atoms with Crippen LogP contribution in [0.5, 0.6) is 5.75 Å². The van der Waals surface area contributed by atoms with Gasteiger partial charge in [-0.25, -0.2) is 4.68 Å². The van der Waals surface area contributed by atoms with Crippen LogP contribution in [0.2, 0.25) is 0 Å². The highest BCUT2D eigenvalue weighted by atomic mass is 16.5. The lowest BCUT2D eigenvalue weighted by Crippen LogP contribution is -2.44. The summed E-state index contributed by atoms with van der Waals surface area (Å²) >= 11 is 0. The zero-order chi connectivity index (χ0) is 21.7. The van der Waals surface area contributed by atoms with E-state index in [9.17, 15) is 9.59 Å². The third-order valence-electron chi connectivity index (χ3n) is 6.24. The molecule has 0 atom stereocenters. The Balaban J connectivity index is 1.29. The van der Waals surface area contributed by atoms with Gasteiger partial charge in [0.15, 0.2) is 0 Å². The van der Waals surface area contributed by atoms with Gasteiger partial charge in [0.05, 0.1) is 6.61 Å². The van der Waals surface area contributed by atoms with E-state index in [2.05, 4.69) is 15.5 Å². The molecule has 2 amide bonds. The molecule has 9 nitrogen and oxygen atoms in total. The van der Waals surface area contributed by atoms with E-state index in [1.807, 2.05) is 47.1 Å². The van der Waals surface area contributed by atoms with E-state index >= 15 is 0 Å². The molecule has 2 aliphatic heterocycles. The lowest BCUT2D eigenvalue weighted by atomic mass is 9.78. The van der Waals surface area contributed by atoms with Gasteiger partial charge in [0.25, 0.3) is 0 Å². The van der Waals surface area contributed by atoms with Crippen LogP contribution >= 0.6 is 0 Å². The average molecular weight is 425 g/mol. The minimum Gasteiger partial charge on any atom is -0.493 e. The minimum absolute atomic E-state index is 0.0192. The SMILES string of the molecule is CCOc1ccccc1C=CC(=O)N1CCC2(CC1)CCN(C(=O)Cn1cnnn1)C2. The highest BCUT2D eigenvalue weighted by Crippen LogP contribution is 2.40. The predicted molar refractivity (Wildman–Crippen MR) is 114 cm³/mol. The van der Waals surface area contributed by atoms with E-state index in [1.165, 1.54) is 11.0 Å². The molecule has 1 spiro atoms. The molecule has 2 aliphatic rings. The van der Waals surface area contributed by atoms with Crippen LogP contribution in [0, 0.1) is 5.41 Å². The maximum absolute atomic E-state index is 12.7. The molecule has 0 unspecified atom stereocenters. The Morgan fingerprint density at radius 1 is 1.13 bits per heavy atom. The largest absolute Gasteiger partial charge is 0.493 e. The van der Waals surface area contributed by atoms with Crippen LogP contribution in [0.25, 0.3) is 6.08 Å². The quantitative estimate of drug-likeness (QED) is 0.655. The van der Waals surface area contributed by atoms with Gasteiger partial charge in [0.2, 0.25) is 11.8 Å². The highest BCUT2D eigenvalue weighted by Gasteiger charge is 2.42. The Kier molecular flexibility index (Phi) is 6.29. The second kappa shape index (κ2) is 9.28. The van der Waals surface area contributed by atoms with Gasteiger partial charge >= 0.3 is 0 Å². The summed E-state index contributed by atoms with van der Waals surface area (Å²) in [7, 11) is 0. The van der Waals surface area contributed by atoms with Crippen LogP contribution < -0.4 is 4.74 Å². The Bertz CT molecular complexity index is 934. The molecule has 2 saturated heterocycles. The molecule has 164 valence electrons. The molecule has 31 heavy (non-hydrogen) atoms. The summed E-state index contributed by atoms with van der Waals surface area (Å²) in [5.74, 6) is 0.841. The van der Waals surface area contributed by atoms with Crippen molar-refractivity contribution in [2.24, 2.45) is 5.41 Å². The summed E-state index contributed by atoms with van der Waals surface area (Å²) < 4.78 is 7.07. The maximum atomic E-state index is 12.7. The topological polar surface area (TPSA) is 93.5 Å². The zero-order valence-electron chi connectivity index (χ0n) is 17.8. The normalized spacial score (nSPS) is 18.1. The highest BCUT2D eigenvalue weighted by molar-refractivity contribution is 5.92. The molecule has 0 radical (unpaired) electrons. The molecule has 0 saturated carbocycles. The molecule has 0 N–H and O–H groups in total. The van der Waals surface area contributed by atoms with E-state index in [1.54, 1.807) is 6.08 Å². The first-order valence-electron chi connectivity index (χ1n) is 10.8. The third kappa shape index (κ3) is 4.92. The minimum atomic E-state index is 0.0192. The molecule has 1 aromatic carbocycles. The molecule has 3 heterocycles. The van der Waals surface area contributed by atoms with Crippen molar-refractivity contribution in [3.05, 3.63) is 42.2 Å². The second-order valence-corrected chi connectivity index (χ2v) is 8.20. The number of hydrogen-bond donors (Lipinski definition) is 0. The van der Waals surface area contributed by atoms with Gasteiger partial charge in [-0.2, -0.15) is 0 Å². The summed E-state index contributed by atoms with van der Waals surface area (Å²) in [5, 5.41) is 10.9. The molecule has 4 rings (SSSR count). The standard InChI is InChI=1S/C22H28N6O3/c1-2-31-19-6-4-3-5-18(19)7-8-20(29)26-12-9-22(10-13-26)11-14-27(16-22)21(30)15-28-17-23-24-25-28/h3-8,17H,2,9-16H2,1H3. The van der Waals surface area contributed by atoms with Crippen LogP contribution in [-0.4, -0.2) is 74.6 Å². The molecule has 2 aromatic rings. The molecule has 0 bridgehead atoms.